The Morgan fingerprint density at radius 1 is 0.877 bits per heavy atom. The molecule has 5 heterocycles. The quantitative estimate of drug-likeness (QED) is 0.0574. The highest BCUT2D eigenvalue weighted by molar-refractivity contribution is 6.25. The minimum atomic E-state index is -4.92. The van der Waals surface area contributed by atoms with Gasteiger partial charge in [-0.05, 0) is 73.7 Å². The molecule has 8 rings (SSSR count). The molecule has 1 saturated carbocycles. The Labute approximate surface area is 367 Å². The predicted molar refractivity (Wildman–Crippen MR) is 223 cm³/mol. The highest BCUT2D eigenvalue weighted by Gasteiger charge is 2.45. The Balaban J connectivity index is 0.754. The molecule has 5 aromatic rings. The van der Waals surface area contributed by atoms with Crippen LogP contribution in [0.15, 0.2) is 77.7 Å². The Kier molecular flexibility index (Phi) is 13.0. The van der Waals surface area contributed by atoms with Crippen LogP contribution >= 0.6 is 0 Å². The summed E-state index contributed by atoms with van der Waals surface area (Å²) in [6.07, 6.45) is 1.08. The van der Waals surface area contributed by atoms with Gasteiger partial charge in [0.1, 0.15) is 18.1 Å². The third kappa shape index (κ3) is 10.3. The van der Waals surface area contributed by atoms with Gasteiger partial charge in [0.25, 0.3) is 23.6 Å². The number of hydrogen-bond acceptors (Lipinski definition) is 14. The number of pyridine rings is 1. The number of piperidine rings is 1. The molecule has 0 bridgehead atoms. The molecule has 0 radical (unpaired) electrons. The number of ether oxygens (including phenoxy) is 2. The fourth-order valence-electron chi connectivity index (χ4n) is 7.08. The number of rotatable bonds is 19. The minimum Gasteiger partial charge on any atom is -0.444 e. The number of alkyl halides is 3. The summed E-state index contributed by atoms with van der Waals surface area (Å²) in [5, 5.41) is 17.1. The maximum atomic E-state index is 14.1. The van der Waals surface area contributed by atoms with Crippen LogP contribution in [0, 0.1) is 5.92 Å². The number of imide groups is 2. The summed E-state index contributed by atoms with van der Waals surface area (Å²) >= 11 is 0. The van der Waals surface area contributed by atoms with Crippen molar-refractivity contribution in [2.75, 3.05) is 62.0 Å². The molecule has 3 aromatic heterocycles. The lowest BCUT2D eigenvalue weighted by Gasteiger charge is -2.27. The number of amides is 6. The van der Waals surface area contributed by atoms with Crippen molar-refractivity contribution in [2.45, 2.75) is 37.9 Å². The van der Waals surface area contributed by atoms with Crippen LogP contribution in [0.4, 0.5) is 30.4 Å². The first-order valence-electron chi connectivity index (χ1n) is 20.6. The summed E-state index contributed by atoms with van der Waals surface area (Å²) in [4.78, 5) is 85.3. The van der Waals surface area contributed by atoms with E-state index in [1.165, 1.54) is 30.3 Å². The molecule has 338 valence electrons. The van der Waals surface area contributed by atoms with Crippen molar-refractivity contribution in [3.63, 3.8) is 0 Å². The Morgan fingerprint density at radius 2 is 1.65 bits per heavy atom. The second-order valence-electron chi connectivity index (χ2n) is 15.2. The second-order valence-corrected chi connectivity index (χ2v) is 15.2. The molecule has 2 aromatic carbocycles. The molecule has 65 heavy (non-hydrogen) atoms. The van der Waals surface area contributed by atoms with Gasteiger partial charge in [0, 0.05) is 49.1 Å². The lowest BCUT2D eigenvalue weighted by Crippen LogP contribution is -2.54. The van der Waals surface area contributed by atoms with Gasteiger partial charge in [0.15, 0.2) is 11.4 Å². The first-order valence-corrected chi connectivity index (χ1v) is 20.6. The van der Waals surface area contributed by atoms with E-state index in [9.17, 15) is 41.9 Å². The number of benzene rings is 2. The molecular formula is C43H41F3N10O9. The molecule has 3 aliphatic rings. The van der Waals surface area contributed by atoms with Crippen molar-refractivity contribution in [3.8, 4) is 17.1 Å². The van der Waals surface area contributed by atoms with E-state index < -0.39 is 59.0 Å². The topological polar surface area (TPSA) is 241 Å². The number of halogens is 3. The van der Waals surface area contributed by atoms with Crippen molar-refractivity contribution >= 4 is 52.6 Å². The van der Waals surface area contributed by atoms with Gasteiger partial charge in [-0.15, -0.1) is 0 Å². The monoisotopic (exact) mass is 898 g/mol. The summed E-state index contributed by atoms with van der Waals surface area (Å²) in [5.41, 5.74) is -0.565. The normalized spacial score (nSPS) is 16.0. The number of carbonyl (C=O) groups excluding carboxylic acids is 6. The van der Waals surface area contributed by atoms with Gasteiger partial charge in [-0.1, -0.05) is 6.07 Å². The maximum absolute atomic E-state index is 14.1. The van der Waals surface area contributed by atoms with Gasteiger partial charge >= 0.3 is 6.18 Å². The maximum Gasteiger partial charge on any atom is 0.437 e. The van der Waals surface area contributed by atoms with Gasteiger partial charge in [0.05, 0.1) is 55.1 Å². The summed E-state index contributed by atoms with van der Waals surface area (Å²) in [5.74, 6) is -2.48. The molecular weight excluding hydrogens is 858 g/mol. The number of nitrogens with zero attached hydrogens (tertiary/aromatic N) is 5. The molecule has 1 saturated heterocycles. The zero-order valence-corrected chi connectivity index (χ0v) is 34.4. The summed E-state index contributed by atoms with van der Waals surface area (Å²) in [6.45, 7) is 2.00. The van der Waals surface area contributed by atoms with Crippen LogP contribution in [0.1, 0.15) is 72.9 Å². The average Bonchev–Trinajstić information content (AvgIpc) is 3.68. The van der Waals surface area contributed by atoms with E-state index >= 15 is 0 Å². The van der Waals surface area contributed by atoms with Crippen LogP contribution in [0.5, 0.6) is 0 Å². The molecule has 1 atom stereocenters. The molecule has 0 spiro atoms. The fourth-order valence-corrected chi connectivity index (χ4v) is 7.08. The standard InChI is InChI=1S/C43H41F3N10O9/c44-43(45,46)36-30(51-38(59)31-23-65-40(52-31)26-12-13-48-33(20-26)50-21-24-4-5-24)22-55(54-36)27-8-6-25(7-9-27)37(58)49-15-17-64-19-18-63-16-14-47-29-3-1-2-28-35(29)42(62)56(41(28)61)32-10-11-34(57)53-39(32)60/h1-3,6-9,12-13,20,22-24,32,47H,4-5,10-11,14-19,21H2,(H,48,50)(H,49,58)(H,51,59)(H,53,57,60). The Hall–Kier alpha value is -7.46. The molecule has 5 N–H and O–H groups in total. The lowest BCUT2D eigenvalue weighted by atomic mass is 10.0. The highest BCUT2D eigenvalue weighted by atomic mass is 19.4. The smallest absolute Gasteiger partial charge is 0.437 e. The van der Waals surface area contributed by atoms with Gasteiger partial charge < -0.3 is 35.2 Å². The van der Waals surface area contributed by atoms with E-state index in [-0.39, 0.29) is 86.3 Å². The summed E-state index contributed by atoms with van der Waals surface area (Å²) in [6, 6.07) is 12.7. The first kappa shape index (κ1) is 44.2. The largest absolute Gasteiger partial charge is 0.444 e. The highest BCUT2D eigenvalue weighted by Crippen LogP contribution is 2.36. The van der Waals surface area contributed by atoms with E-state index in [4.69, 9.17) is 13.9 Å². The molecule has 1 unspecified atom stereocenters. The summed E-state index contributed by atoms with van der Waals surface area (Å²) in [7, 11) is 0. The van der Waals surface area contributed by atoms with Crippen molar-refractivity contribution in [2.24, 2.45) is 5.92 Å². The number of nitrogens with one attached hydrogen (secondary N) is 5. The summed E-state index contributed by atoms with van der Waals surface area (Å²) < 4.78 is 59.7. The number of hydrogen-bond donors (Lipinski definition) is 5. The zero-order valence-electron chi connectivity index (χ0n) is 34.4. The van der Waals surface area contributed by atoms with Crippen molar-refractivity contribution in [1.82, 2.24) is 35.3 Å². The van der Waals surface area contributed by atoms with E-state index in [1.807, 2.05) is 0 Å². The van der Waals surface area contributed by atoms with Crippen molar-refractivity contribution < 1.29 is 55.8 Å². The van der Waals surface area contributed by atoms with Crippen molar-refractivity contribution in [3.05, 3.63) is 101 Å². The number of oxazole rings is 1. The Morgan fingerprint density at radius 3 is 2.38 bits per heavy atom. The second kappa shape index (κ2) is 19.1. The van der Waals surface area contributed by atoms with Crippen LogP contribution in [0.2, 0.25) is 0 Å². The SMILES string of the molecule is O=C1CCC(N2C(=O)c3cccc(NCCOCCOCCNC(=O)c4ccc(-n5cc(NC(=O)c6coc(-c7ccnc(NCC8CC8)c7)n6)c(C(F)(F)F)n5)cc4)c3C2=O)C(=O)N1. The van der Waals surface area contributed by atoms with Crippen LogP contribution in [0.25, 0.3) is 17.1 Å². The molecule has 22 heteroatoms. The number of aromatic nitrogens is 4. The van der Waals surface area contributed by atoms with Gasteiger partial charge in [-0.25, -0.2) is 14.6 Å². The first-order chi connectivity index (χ1) is 31.3. The molecule has 2 aliphatic heterocycles. The zero-order chi connectivity index (χ0) is 45.7. The van der Waals surface area contributed by atoms with Crippen LogP contribution < -0.4 is 26.6 Å². The van der Waals surface area contributed by atoms with Gasteiger partial charge in [0.2, 0.25) is 17.7 Å². The third-order valence-electron chi connectivity index (χ3n) is 10.6. The number of carbonyl (C=O) groups is 6. The number of anilines is 3. The van der Waals surface area contributed by atoms with Gasteiger partial charge in [-0.3, -0.25) is 39.0 Å². The molecule has 1 aliphatic carbocycles. The average molecular weight is 899 g/mol. The minimum absolute atomic E-state index is 0.0196. The Bertz CT molecular complexity index is 2630. The predicted octanol–water partition coefficient (Wildman–Crippen LogP) is 4.29. The van der Waals surface area contributed by atoms with E-state index in [0.29, 0.717) is 23.0 Å². The van der Waals surface area contributed by atoms with Crippen LogP contribution in [-0.4, -0.2) is 112 Å². The molecule has 2 fully saturated rings. The van der Waals surface area contributed by atoms with Gasteiger partial charge in [-0.2, -0.15) is 18.3 Å². The van der Waals surface area contributed by atoms with E-state index in [2.05, 4.69) is 41.7 Å². The molecule has 6 amide bonds. The number of fused-ring (bicyclic) bond motifs is 1. The van der Waals surface area contributed by atoms with E-state index in [0.717, 1.165) is 41.4 Å². The van der Waals surface area contributed by atoms with Crippen LogP contribution in [-0.2, 0) is 25.2 Å². The van der Waals surface area contributed by atoms with E-state index in [1.54, 1.807) is 30.5 Å². The lowest BCUT2D eigenvalue weighted by molar-refractivity contribution is -0.140. The fraction of sp³-hybridized carbons (Fsp3) is 0.326. The third-order valence-corrected chi connectivity index (χ3v) is 10.6. The van der Waals surface area contributed by atoms with Crippen molar-refractivity contribution in [1.29, 1.82) is 0 Å². The molecule has 19 nitrogen and oxygen atoms in total. The van der Waals surface area contributed by atoms with Crippen LogP contribution in [0.3, 0.4) is 0 Å².